The highest BCUT2D eigenvalue weighted by Crippen LogP contribution is 2.32. The summed E-state index contributed by atoms with van der Waals surface area (Å²) in [6.45, 7) is 5.77. The van der Waals surface area contributed by atoms with Crippen LogP contribution >= 0.6 is 11.8 Å². The van der Waals surface area contributed by atoms with Gasteiger partial charge in [0.15, 0.2) is 10.9 Å². The zero-order valence-corrected chi connectivity index (χ0v) is 16.2. The van der Waals surface area contributed by atoms with Gasteiger partial charge in [0.25, 0.3) is 0 Å². The van der Waals surface area contributed by atoms with E-state index in [0.717, 1.165) is 34.3 Å². The lowest BCUT2D eigenvalue weighted by Gasteiger charge is -2.17. The Balaban J connectivity index is 2.04. The highest BCUT2D eigenvalue weighted by molar-refractivity contribution is 8.13. The summed E-state index contributed by atoms with van der Waals surface area (Å²) in [5, 5.41) is 1.14. The third-order valence-corrected chi connectivity index (χ3v) is 5.55. The number of carbonyl (C=O) groups is 2. The molecule has 3 rings (SSSR count). The second-order valence-corrected chi connectivity index (χ2v) is 7.79. The Labute approximate surface area is 158 Å². The molecule has 26 heavy (non-hydrogen) atoms. The van der Waals surface area contributed by atoms with Gasteiger partial charge in [-0.05, 0) is 26.3 Å². The fraction of sp³-hybridized carbons (Fsp3) is 0.273. The Kier molecular flexibility index (Phi) is 5.62. The molecule has 0 amide bonds. The van der Waals surface area contributed by atoms with Crippen molar-refractivity contribution in [3.8, 4) is 0 Å². The van der Waals surface area contributed by atoms with Crippen molar-refractivity contribution in [2.24, 2.45) is 0 Å². The fourth-order valence-corrected chi connectivity index (χ4v) is 4.23. The summed E-state index contributed by atoms with van der Waals surface area (Å²) in [5.74, 6) is 0.841. The predicted octanol–water partition coefficient (Wildman–Crippen LogP) is 5.41. The first-order chi connectivity index (χ1) is 12.5. The molecule has 1 unspecified atom stereocenters. The lowest BCUT2D eigenvalue weighted by atomic mass is 10.0. The number of ketones is 1. The first-order valence-corrected chi connectivity index (χ1v) is 9.82. The number of carbonyl (C=O) groups excluding carboxylic acids is 2. The predicted molar refractivity (Wildman–Crippen MR) is 109 cm³/mol. The van der Waals surface area contributed by atoms with Crippen LogP contribution < -0.4 is 0 Å². The van der Waals surface area contributed by atoms with E-state index in [9.17, 15) is 9.59 Å². The minimum absolute atomic E-state index is 0.0587. The molecule has 2 aromatic carbocycles. The maximum atomic E-state index is 13.2. The van der Waals surface area contributed by atoms with Crippen LogP contribution in [-0.4, -0.2) is 21.2 Å². The van der Waals surface area contributed by atoms with Gasteiger partial charge in [0.05, 0.1) is 5.56 Å². The molecule has 3 nitrogen and oxygen atoms in total. The number of nitrogens with zero attached hydrogens (tertiary/aromatic N) is 1. The molecule has 1 atom stereocenters. The molecule has 0 radical (unpaired) electrons. The Hall–Kier alpha value is -2.33. The molecule has 0 aliphatic heterocycles. The zero-order valence-electron chi connectivity index (χ0n) is 15.4. The number of benzene rings is 2. The third kappa shape index (κ3) is 3.61. The van der Waals surface area contributed by atoms with E-state index in [1.165, 1.54) is 11.8 Å². The van der Waals surface area contributed by atoms with Gasteiger partial charge in [0.2, 0.25) is 0 Å². The van der Waals surface area contributed by atoms with E-state index >= 15 is 0 Å². The Morgan fingerprint density at radius 1 is 1.04 bits per heavy atom. The van der Waals surface area contributed by atoms with Crippen molar-refractivity contribution in [3.63, 3.8) is 0 Å². The van der Waals surface area contributed by atoms with Crippen LogP contribution in [0.1, 0.15) is 47.9 Å². The van der Waals surface area contributed by atoms with Crippen LogP contribution in [0.5, 0.6) is 0 Å². The molecule has 0 saturated heterocycles. The van der Waals surface area contributed by atoms with Gasteiger partial charge in [0, 0.05) is 40.9 Å². The zero-order chi connectivity index (χ0) is 18.7. The van der Waals surface area contributed by atoms with Crippen molar-refractivity contribution in [3.05, 3.63) is 71.4 Å². The van der Waals surface area contributed by atoms with E-state index in [0.29, 0.717) is 5.56 Å². The van der Waals surface area contributed by atoms with E-state index in [4.69, 9.17) is 0 Å². The van der Waals surface area contributed by atoms with Gasteiger partial charge in [-0.3, -0.25) is 9.59 Å². The summed E-state index contributed by atoms with van der Waals surface area (Å²) in [6.07, 6.45) is 0.878. The van der Waals surface area contributed by atoms with Gasteiger partial charge in [-0.15, -0.1) is 0 Å². The number of hydrogen-bond donors (Lipinski definition) is 0. The summed E-state index contributed by atoms with van der Waals surface area (Å²) < 4.78 is 2.24. The number of thioether (sulfide) groups is 1. The molecule has 0 N–H and O–H groups in total. The Morgan fingerprint density at radius 2 is 1.69 bits per heavy atom. The van der Waals surface area contributed by atoms with Gasteiger partial charge in [-0.2, -0.15) is 0 Å². The van der Waals surface area contributed by atoms with Gasteiger partial charge in [-0.25, -0.2) is 0 Å². The number of aromatic nitrogens is 1. The smallest absolute Gasteiger partial charge is 0.195 e. The average Bonchev–Trinajstić information content (AvgIpc) is 2.93. The molecule has 1 heterocycles. The van der Waals surface area contributed by atoms with E-state index < -0.39 is 0 Å². The Morgan fingerprint density at radius 3 is 2.38 bits per heavy atom. The number of para-hydroxylation sites is 1. The maximum Gasteiger partial charge on any atom is 0.195 e. The van der Waals surface area contributed by atoms with Crippen LogP contribution in [0.4, 0.5) is 0 Å². The largest absolute Gasteiger partial charge is 0.341 e. The SMILES string of the molecule is CC(=O)SCCC(C)n1c(C)c(C(=O)c2ccccc2)c2ccccc21. The summed E-state index contributed by atoms with van der Waals surface area (Å²) in [6, 6.07) is 17.7. The average molecular weight is 365 g/mol. The maximum absolute atomic E-state index is 13.2. The van der Waals surface area contributed by atoms with Gasteiger partial charge >= 0.3 is 0 Å². The second-order valence-electron chi connectivity index (χ2n) is 6.52. The van der Waals surface area contributed by atoms with Crippen molar-refractivity contribution in [2.45, 2.75) is 33.2 Å². The molecule has 0 fully saturated rings. The quantitative estimate of drug-likeness (QED) is 0.548. The fourth-order valence-electron chi connectivity index (χ4n) is 3.48. The second kappa shape index (κ2) is 7.92. The molecule has 1 aromatic heterocycles. The van der Waals surface area contributed by atoms with E-state index in [1.807, 2.05) is 55.5 Å². The van der Waals surface area contributed by atoms with Crippen molar-refractivity contribution >= 4 is 33.6 Å². The van der Waals surface area contributed by atoms with Crippen molar-refractivity contribution in [1.29, 1.82) is 0 Å². The molecule has 0 bridgehead atoms. The highest BCUT2D eigenvalue weighted by atomic mass is 32.2. The lowest BCUT2D eigenvalue weighted by molar-refractivity contribution is -0.109. The van der Waals surface area contributed by atoms with Crippen molar-refractivity contribution in [2.75, 3.05) is 5.75 Å². The van der Waals surface area contributed by atoms with Crippen LogP contribution in [0.2, 0.25) is 0 Å². The monoisotopic (exact) mass is 365 g/mol. The van der Waals surface area contributed by atoms with Gasteiger partial charge in [0.1, 0.15) is 0 Å². The standard InChI is InChI=1S/C22H23NO2S/c1-15(13-14-26-17(3)24)23-16(2)21(19-11-7-8-12-20(19)23)22(25)18-9-5-4-6-10-18/h4-12,15H,13-14H2,1-3H3. The minimum Gasteiger partial charge on any atom is -0.341 e. The number of fused-ring (bicyclic) bond motifs is 1. The van der Waals surface area contributed by atoms with E-state index in [-0.39, 0.29) is 16.9 Å². The molecule has 134 valence electrons. The van der Waals surface area contributed by atoms with Crippen LogP contribution in [0.15, 0.2) is 54.6 Å². The molecule has 0 aliphatic rings. The number of hydrogen-bond acceptors (Lipinski definition) is 3. The highest BCUT2D eigenvalue weighted by Gasteiger charge is 2.22. The van der Waals surface area contributed by atoms with Crippen LogP contribution in [0, 0.1) is 6.92 Å². The lowest BCUT2D eigenvalue weighted by Crippen LogP contribution is -2.10. The van der Waals surface area contributed by atoms with E-state index in [1.54, 1.807) is 6.92 Å². The first kappa shape index (κ1) is 18.5. The molecule has 0 spiro atoms. The summed E-state index contributed by atoms with van der Waals surface area (Å²) in [5.41, 5.74) is 3.54. The molecule has 3 aromatic rings. The van der Waals surface area contributed by atoms with Crippen molar-refractivity contribution in [1.82, 2.24) is 4.57 Å². The minimum atomic E-state index is 0.0587. The summed E-state index contributed by atoms with van der Waals surface area (Å²) in [4.78, 5) is 24.4. The topological polar surface area (TPSA) is 39.1 Å². The number of rotatable bonds is 6. The Bertz CT molecular complexity index is 943. The normalized spacial score (nSPS) is 12.3. The van der Waals surface area contributed by atoms with Crippen LogP contribution in [-0.2, 0) is 4.79 Å². The summed E-state index contributed by atoms with van der Waals surface area (Å²) in [7, 11) is 0. The molecular weight excluding hydrogens is 342 g/mol. The first-order valence-electron chi connectivity index (χ1n) is 8.83. The molecule has 0 aliphatic carbocycles. The molecular formula is C22H23NO2S. The van der Waals surface area contributed by atoms with Crippen molar-refractivity contribution < 1.29 is 9.59 Å². The molecule has 4 heteroatoms. The van der Waals surface area contributed by atoms with Crippen LogP contribution in [0.3, 0.4) is 0 Å². The third-order valence-electron chi connectivity index (χ3n) is 4.70. The van der Waals surface area contributed by atoms with Crippen LogP contribution in [0.25, 0.3) is 10.9 Å². The summed E-state index contributed by atoms with van der Waals surface area (Å²) >= 11 is 1.36. The van der Waals surface area contributed by atoms with Gasteiger partial charge in [-0.1, -0.05) is 60.3 Å². The van der Waals surface area contributed by atoms with Gasteiger partial charge < -0.3 is 4.57 Å². The van der Waals surface area contributed by atoms with E-state index in [2.05, 4.69) is 17.6 Å². The molecule has 0 saturated carbocycles.